The molecule has 2 amide bonds. The number of benzene rings is 3. The van der Waals surface area contributed by atoms with Crippen molar-refractivity contribution in [3.63, 3.8) is 0 Å². The van der Waals surface area contributed by atoms with E-state index in [0.717, 1.165) is 30.5 Å². The Morgan fingerprint density at radius 1 is 1.19 bits per heavy atom. The molecule has 4 aromatic rings. The van der Waals surface area contributed by atoms with Crippen molar-refractivity contribution >= 4 is 37.3 Å². The minimum atomic E-state index is -3.50. The highest BCUT2D eigenvalue weighted by atomic mass is 28.4. The van der Waals surface area contributed by atoms with Crippen molar-refractivity contribution in [2.24, 2.45) is 5.92 Å². The number of carbonyl (C=O) groups excluding carboxylic acids is 2. The molecule has 15 heteroatoms. The van der Waals surface area contributed by atoms with Crippen molar-refractivity contribution in [1.82, 2.24) is 20.3 Å². The summed E-state index contributed by atoms with van der Waals surface area (Å²) in [6, 6.07) is 20.9. The Labute approximate surface area is 307 Å². The number of anilines is 2. The number of rotatable bonds is 12. The SMILES string of the molecule is C[C@@H]1[C@@H]([Si](C)(C)F)[C@H](CCn2cc(C(CO)c3ccccc3)nn2)O[C@@]12C(=O)N(Cc1ccc(NC(=O)[C@H]3CCCN3)cc1)c1ccc([N+](=O)[O-])cc12. The highest BCUT2D eigenvalue weighted by Gasteiger charge is 2.67. The van der Waals surface area contributed by atoms with E-state index < -0.39 is 42.4 Å². The number of nitro groups is 1. The van der Waals surface area contributed by atoms with Crippen LogP contribution in [-0.2, 0) is 33.0 Å². The molecule has 0 radical (unpaired) electrons. The molecule has 3 N–H and O–H groups in total. The van der Waals surface area contributed by atoms with Gasteiger partial charge in [0.2, 0.25) is 14.3 Å². The number of carbonyl (C=O) groups is 2. The Hall–Kier alpha value is -4.83. The first-order chi connectivity index (χ1) is 25.4. The molecule has 4 heterocycles. The molecule has 2 saturated heterocycles. The van der Waals surface area contributed by atoms with Crippen LogP contribution < -0.4 is 15.5 Å². The van der Waals surface area contributed by atoms with E-state index in [1.807, 2.05) is 49.4 Å². The lowest BCUT2D eigenvalue weighted by molar-refractivity contribution is -0.385. The number of aliphatic hydroxyl groups excluding tert-OH is 1. The second-order valence-corrected chi connectivity index (χ2v) is 18.6. The van der Waals surface area contributed by atoms with E-state index in [9.17, 15) is 24.8 Å². The number of halogens is 1. The van der Waals surface area contributed by atoms with Gasteiger partial charge in [-0.15, -0.1) is 5.10 Å². The number of aliphatic hydroxyl groups is 1. The molecule has 53 heavy (non-hydrogen) atoms. The van der Waals surface area contributed by atoms with Crippen LogP contribution in [0.25, 0.3) is 0 Å². The molecular weight excluding hydrogens is 698 g/mol. The van der Waals surface area contributed by atoms with Gasteiger partial charge in [0.15, 0.2) is 5.60 Å². The maximum atomic E-state index is 16.4. The quantitative estimate of drug-likeness (QED) is 0.0745. The molecule has 0 bridgehead atoms. The molecule has 0 saturated carbocycles. The van der Waals surface area contributed by atoms with Gasteiger partial charge in [0, 0.05) is 47.6 Å². The molecule has 3 aromatic carbocycles. The Bertz CT molecular complexity index is 1980. The number of aryl methyl sites for hydroxylation is 1. The topological polar surface area (TPSA) is 165 Å². The van der Waals surface area contributed by atoms with Gasteiger partial charge in [0.25, 0.3) is 11.6 Å². The number of nitrogens with one attached hydrogen (secondary N) is 2. The van der Waals surface area contributed by atoms with E-state index in [-0.39, 0.29) is 36.7 Å². The number of aromatic nitrogens is 3. The molecule has 1 unspecified atom stereocenters. The maximum absolute atomic E-state index is 16.4. The normalized spacial score (nSPS) is 24.5. The van der Waals surface area contributed by atoms with Gasteiger partial charge in [-0.1, -0.05) is 54.6 Å². The predicted octanol–water partition coefficient (Wildman–Crippen LogP) is 5.41. The first kappa shape index (κ1) is 36.5. The van der Waals surface area contributed by atoms with Crippen molar-refractivity contribution in [2.45, 2.75) is 81.6 Å². The smallest absolute Gasteiger partial charge is 0.269 e. The van der Waals surface area contributed by atoms with Gasteiger partial charge in [-0.05, 0) is 68.2 Å². The lowest BCUT2D eigenvalue weighted by Gasteiger charge is -2.31. The number of nitrogens with zero attached hydrogens (tertiary/aromatic N) is 5. The standard InChI is InChI=1S/C38H44FN7O6Si/c1-24-35(53(2,3)39)34(17-19-44-22-32(42-43-44)29(23-47)26-8-5-4-6-9-26)52-38(24)30-20-28(46(50)51)15-16-33(30)45(37(38)49)21-25-11-13-27(14-12-25)41-36(48)31-10-7-18-40-31/h4-6,8-9,11-16,20,22,24,29,31,34-35,40,47H,7,10,17-19,21,23H2,1-3H3,(H,41,48)/t24-,29?,31-,34+,35-,38+/m1/s1. The number of ether oxygens (including phenoxy) is 1. The van der Waals surface area contributed by atoms with E-state index in [1.165, 1.54) is 12.1 Å². The molecule has 7 rings (SSSR count). The summed E-state index contributed by atoms with van der Waals surface area (Å²) in [4.78, 5) is 40.5. The highest BCUT2D eigenvalue weighted by molar-refractivity contribution is 6.72. The summed E-state index contributed by atoms with van der Waals surface area (Å²) in [5.41, 5.74) is 1.30. The number of hydrogen-bond acceptors (Lipinski definition) is 9. The summed E-state index contributed by atoms with van der Waals surface area (Å²) >= 11 is 0. The maximum Gasteiger partial charge on any atom is 0.269 e. The number of nitro benzene ring substituents is 1. The van der Waals surface area contributed by atoms with E-state index in [1.54, 1.807) is 47.1 Å². The fourth-order valence-electron chi connectivity index (χ4n) is 8.49. The van der Waals surface area contributed by atoms with Gasteiger partial charge in [0.1, 0.15) is 0 Å². The Morgan fingerprint density at radius 2 is 1.94 bits per heavy atom. The van der Waals surface area contributed by atoms with Crippen LogP contribution in [0.5, 0.6) is 0 Å². The lowest BCUT2D eigenvalue weighted by Crippen LogP contribution is -2.45. The molecule has 6 atom stereocenters. The predicted molar refractivity (Wildman–Crippen MR) is 198 cm³/mol. The monoisotopic (exact) mass is 741 g/mol. The van der Waals surface area contributed by atoms with Gasteiger partial charge in [-0.25, -0.2) is 0 Å². The molecule has 3 aliphatic heterocycles. The third-order valence-electron chi connectivity index (χ3n) is 11.0. The zero-order valence-corrected chi connectivity index (χ0v) is 30.9. The summed E-state index contributed by atoms with van der Waals surface area (Å²) in [6.07, 6.45) is 3.12. The van der Waals surface area contributed by atoms with E-state index >= 15 is 4.11 Å². The summed E-state index contributed by atoms with van der Waals surface area (Å²) in [5, 5.41) is 36.9. The molecule has 3 aliphatic rings. The van der Waals surface area contributed by atoms with Crippen molar-refractivity contribution in [3.05, 3.63) is 111 Å². The van der Waals surface area contributed by atoms with Crippen molar-refractivity contribution < 1.29 is 28.5 Å². The molecule has 2 fully saturated rings. The Balaban J connectivity index is 1.15. The zero-order chi connectivity index (χ0) is 37.5. The molecule has 13 nitrogen and oxygen atoms in total. The summed E-state index contributed by atoms with van der Waals surface area (Å²) in [6.45, 7) is 6.15. The van der Waals surface area contributed by atoms with Gasteiger partial charge in [-0.2, -0.15) is 0 Å². The fraction of sp³-hybridized carbons (Fsp3) is 0.421. The molecule has 1 aromatic heterocycles. The van der Waals surface area contributed by atoms with Crippen LogP contribution in [0.2, 0.25) is 18.6 Å². The summed E-state index contributed by atoms with van der Waals surface area (Å²) in [7, 11) is -3.50. The first-order valence-corrected chi connectivity index (χ1v) is 21.0. The van der Waals surface area contributed by atoms with E-state index in [2.05, 4.69) is 20.9 Å². The molecular formula is C38H44FN7O6Si. The highest BCUT2D eigenvalue weighted by Crippen LogP contribution is 2.60. The molecule has 278 valence electrons. The lowest BCUT2D eigenvalue weighted by atomic mass is 9.82. The zero-order valence-electron chi connectivity index (χ0n) is 29.9. The van der Waals surface area contributed by atoms with Gasteiger partial charge < -0.3 is 29.5 Å². The average Bonchev–Trinajstić information content (AvgIpc) is 3.94. The van der Waals surface area contributed by atoms with Crippen LogP contribution in [0.3, 0.4) is 0 Å². The Morgan fingerprint density at radius 3 is 2.60 bits per heavy atom. The Kier molecular flexibility index (Phi) is 10.0. The summed E-state index contributed by atoms with van der Waals surface area (Å²) in [5.74, 6) is -1.49. The minimum Gasteiger partial charge on any atom is -0.395 e. The third kappa shape index (κ3) is 6.89. The molecule has 0 aliphatic carbocycles. The number of non-ortho nitro benzene ring substituents is 1. The van der Waals surface area contributed by atoms with Crippen molar-refractivity contribution in [1.29, 1.82) is 0 Å². The average molecular weight is 742 g/mol. The fourth-order valence-corrected chi connectivity index (χ4v) is 11.0. The van der Waals surface area contributed by atoms with Gasteiger partial charge in [0.05, 0.1) is 47.5 Å². The van der Waals surface area contributed by atoms with Crippen LogP contribution in [-0.4, -0.2) is 70.5 Å². The van der Waals surface area contributed by atoms with Crippen LogP contribution in [0.15, 0.2) is 79.0 Å². The van der Waals surface area contributed by atoms with Crippen LogP contribution in [0, 0.1) is 16.0 Å². The largest absolute Gasteiger partial charge is 0.395 e. The number of amides is 2. The first-order valence-electron chi connectivity index (χ1n) is 18.1. The van der Waals surface area contributed by atoms with Crippen LogP contribution in [0.1, 0.15) is 54.5 Å². The van der Waals surface area contributed by atoms with Crippen LogP contribution in [0.4, 0.5) is 21.2 Å². The minimum absolute atomic E-state index is 0.0935. The van der Waals surface area contributed by atoms with Gasteiger partial charge >= 0.3 is 0 Å². The third-order valence-corrected chi connectivity index (χ3v) is 13.5. The summed E-state index contributed by atoms with van der Waals surface area (Å²) < 4.78 is 24.9. The van der Waals surface area contributed by atoms with Gasteiger partial charge in [-0.3, -0.25) is 24.4 Å². The van der Waals surface area contributed by atoms with E-state index in [0.29, 0.717) is 35.6 Å². The number of hydrogen-bond donors (Lipinski definition) is 3. The number of fused-ring (bicyclic) bond motifs is 2. The van der Waals surface area contributed by atoms with Crippen molar-refractivity contribution in [3.8, 4) is 0 Å². The van der Waals surface area contributed by atoms with E-state index in [4.69, 9.17) is 4.74 Å². The molecule has 1 spiro atoms. The van der Waals surface area contributed by atoms with Crippen molar-refractivity contribution in [2.75, 3.05) is 23.4 Å². The second-order valence-electron chi connectivity index (χ2n) is 14.8. The van der Waals surface area contributed by atoms with Crippen LogP contribution >= 0.6 is 0 Å². The second kappa shape index (κ2) is 14.5.